The molecule has 1 aliphatic carbocycles. The zero-order valence-electron chi connectivity index (χ0n) is 11.8. The van der Waals surface area contributed by atoms with Gasteiger partial charge in [-0.15, -0.1) is 10.2 Å². The van der Waals surface area contributed by atoms with E-state index >= 15 is 0 Å². The summed E-state index contributed by atoms with van der Waals surface area (Å²) < 4.78 is 1.84. The second-order valence-corrected chi connectivity index (χ2v) is 5.18. The molecule has 0 bridgehead atoms. The van der Waals surface area contributed by atoms with Crippen LogP contribution in [0.4, 0.5) is 5.82 Å². The Hall–Kier alpha value is -2.44. The maximum Gasteiger partial charge on any atom is 0.339 e. The lowest BCUT2D eigenvalue weighted by atomic mass is 10.1. The Morgan fingerprint density at radius 1 is 1.48 bits per heavy atom. The molecule has 0 radical (unpaired) electrons. The Bertz CT molecular complexity index is 680. The summed E-state index contributed by atoms with van der Waals surface area (Å²) >= 11 is 0. The number of nitrogens with zero attached hydrogens (tertiary/aromatic N) is 4. The van der Waals surface area contributed by atoms with Crippen LogP contribution in [0.2, 0.25) is 0 Å². The lowest BCUT2D eigenvalue weighted by Gasteiger charge is -2.11. The maximum atomic E-state index is 11.4. The molecule has 0 saturated heterocycles. The Morgan fingerprint density at radius 2 is 2.33 bits per heavy atom. The predicted molar refractivity (Wildman–Crippen MR) is 76.4 cm³/mol. The molecule has 0 amide bonds. The van der Waals surface area contributed by atoms with Gasteiger partial charge < -0.3 is 15.0 Å². The van der Waals surface area contributed by atoms with E-state index in [-0.39, 0.29) is 5.56 Å². The number of anilines is 1. The van der Waals surface area contributed by atoms with Gasteiger partial charge >= 0.3 is 5.97 Å². The molecule has 0 atom stereocenters. The number of pyridine rings is 1. The lowest BCUT2D eigenvalue weighted by molar-refractivity contribution is 0.0697. The molecule has 1 aliphatic rings. The van der Waals surface area contributed by atoms with Crippen molar-refractivity contribution in [3.63, 3.8) is 0 Å². The number of aromatic nitrogens is 4. The summed E-state index contributed by atoms with van der Waals surface area (Å²) in [6, 6.07) is 1.75. The number of aryl methyl sites for hydroxylation is 3. The van der Waals surface area contributed by atoms with Crippen molar-refractivity contribution in [2.24, 2.45) is 7.05 Å². The largest absolute Gasteiger partial charge is 0.478 e. The topological polar surface area (TPSA) is 92.9 Å². The summed E-state index contributed by atoms with van der Waals surface area (Å²) in [5.74, 6) is 0.351. The van der Waals surface area contributed by atoms with E-state index in [1.807, 2.05) is 11.6 Å². The van der Waals surface area contributed by atoms with E-state index in [0.29, 0.717) is 18.8 Å². The van der Waals surface area contributed by atoms with Crippen LogP contribution in [-0.4, -0.2) is 37.4 Å². The number of aromatic carboxylic acids is 1. The van der Waals surface area contributed by atoms with Crippen molar-refractivity contribution in [1.82, 2.24) is 19.7 Å². The number of carbonyl (C=O) groups is 1. The highest BCUT2D eigenvalue weighted by Crippen LogP contribution is 2.25. The van der Waals surface area contributed by atoms with E-state index in [9.17, 15) is 9.90 Å². The molecule has 110 valence electrons. The fraction of sp³-hybridized carbons (Fsp3) is 0.429. The summed E-state index contributed by atoms with van der Waals surface area (Å²) in [6.45, 7) is 0.568. The number of nitrogens with one attached hydrogen (secondary N) is 1. The highest BCUT2D eigenvalue weighted by atomic mass is 16.4. The van der Waals surface area contributed by atoms with E-state index in [0.717, 1.165) is 36.3 Å². The monoisotopic (exact) mass is 287 g/mol. The normalized spacial score (nSPS) is 13.2. The van der Waals surface area contributed by atoms with Crippen molar-refractivity contribution in [2.75, 3.05) is 11.9 Å². The van der Waals surface area contributed by atoms with Crippen molar-refractivity contribution < 1.29 is 9.90 Å². The first-order chi connectivity index (χ1) is 10.1. The average molecular weight is 287 g/mol. The Balaban J connectivity index is 1.75. The standard InChI is InChI=1S/C14H17N5O2/c1-19-8-16-18-12(19)5-6-15-13-10(14(20)21)7-9-3-2-4-11(9)17-13/h7-8H,2-6H2,1H3,(H,15,17)(H,20,21). The van der Waals surface area contributed by atoms with Crippen LogP contribution in [0.3, 0.4) is 0 Å². The minimum atomic E-state index is -0.946. The second-order valence-electron chi connectivity index (χ2n) is 5.18. The highest BCUT2D eigenvalue weighted by molar-refractivity contribution is 5.93. The molecule has 0 fully saturated rings. The van der Waals surface area contributed by atoms with Crippen LogP contribution in [0.15, 0.2) is 12.4 Å². The van der Waals surface area contributed by atoms with E-state index < -0.39 is 5.97 Å². The van der Waals surface area contributed by atoms with Gasteiger partial charge in [-0.1, -0.05) is 0 Å². The minimum absolute atomic E-state index is 0.244. The van der Waals surface area contributed by atoms with E-state index in [4.69, 9.17) is 0 Å². The molecule has 0 spiro atoms. The van der Waals surface area contributed by atoms with Crippen molar-refractivity contribution in [3.8, 4) is 0 Å². The zero-order valence-corrected chi connectivity index (χ0v) is 11.8. The number of carboxylic acid groups (broad SMARTS) is 1. The molecular weight excluding hydrogens is 270 g/mol. The minimum Gasteiger partial charge on any atom is -0.478 e. The molecule has 0 aromatic carbocycles. The molecule has 0 aliphatic heterocycles. The van der Waals surface area contributed by atoms with Gasteiger partial charge in [-0.05, 0) is 30.9 Å². The number of carboxylic acids is 1. The van der Waals surface area contributed by atoms with Crippen LogP contribution < -0.4 is 5.32 Å². The second kappa shape index (κ2) is 5.51. The third kappa shape index (κ3) is 2.72. The van der Waals surface area contributed by atoms with Gasteiger partial charge in [0, 0.05) is 25.7 Å². The molecular formula is C14H17N5O2. The van der Waals surface area contributed by atoms with Crippen molar-refractivity contribution >= 4 is 11.8 Å². The number of hydrogen-bond donors (Lipinski definition) is 2. The quantitative estimate of drug-likeness (QED) is 0.854. The molecule has 3 rings (SSSR count). The van der Waals surface area contributed by atoms with Crippen molar-refractivity contribution in [2.45, 2.75) is 25.7 Å². The average Bonchev–Trinajstić information content (AvgIpc) is 3.06. The SMILES string of the molecule is Cn1cnnc1CCNc1nc2c(cc1C(=O)O)CCC2. The third-order valence-corrected chi connectivity index (χ3v) is 3.73. The van der Waals surface area contributed by atoms with Gasteiger partial charge in [0.2, 0.25) is 0 Å². The number of rotatable bonds is 5. The van der Waals surface area contributed by atoms with E-state index in [2.05, 4.69) is 20.5 Å². The van der Waals surface area contributed by atoms with Gasteiger partial charge in [0.05, 0.1) is 0 Å². The van der Waals surface area contributed by atoms with Gasteiger partial charge in [-0.25, -0.2) is 9.78 Å². The van der Waals surface area contributed by atoms with E-state index in [1.54, 1.807) is 12.4 Å². The van der Waals surface area contributed by atoms with Gasteiger partial charge in [0.25, 0.3) is 0 Å². The first kappa shape index (κ1) is 13.5. The molecule has 2 heterocycles. The third-order valence-electron chi connectivity index (χ3n) is 3.73. The molecule has 0 unspecified atom stereocenters. The predicted octanol–water partition coefficient (Wildman–Crippen LogP) is 1.05. The molecule has 7 heteroatoms. The summed E-state index contributed by atoms with van der Waals surface area (Å²) in [4.78, 5) is 15.8. The Kier molecular flexibility index (Phi) is 3.55. The Morgan fingerprint density at radius 3 is 3.05 bits per heavy atom. The number of hydrogen-bond acceptors (Lipinski definition) is 5. The summed E-state index contributed by atoms with van der Waals surface area (Å²) in [5.41, 5.74) is 2.32. The smallest absolute Gasteiger partial charge is 0.339 e. The van der Waals surface area contributed by atoms with Gasteiger partial charge in [-0.3, -0.25) is 0 Å². The molecule has 2 N–H and O–H groups in total. The Labute approximate surface area is 122 Å². The van der Waals surface area contributed by atoms with Crippen LogP contribution in [0, 0.1) is 0 Å². The number of fused-ring (bicyclic) bond motifs is 1. The molecule has 0 saturated carbocycles. The molecule has 21 heavy (non-hydrogen) atoms. The van der Waals surface area contributed by atoms with Crippen LogP contribution in [0.1, 0.15) is 33.9 Å². The molecule has 7 nitrogen and oxygen atoms in total. The first-order valence-electron chi connectivity index (χ1n) is 6.98. The fourth-order valence-corrected chi connectivity index (χ4v) is 2.60. The van der Waals surface area contributed by atoms with Crippen molar-refractivity contribution in [3.05, 3.63) is 35.0 Å². The fourth-order valence-electron chi connectivity index (χ4n) is 2.60. The van der Waals surface area contributed by atoms with Gasteiger partial charge in [-0.2, -0.15) is 0 Å². The highest BCUT2D eigenvalue weighted by Gasteiger charge is 2.19. The summed E-state index contributed by atoms with van der Waals surface area (Å²) in [5, 5.41) is 20.2. The molecule has 2 aromatic heterocycles. The van der Waals surface area contributed by atoms with Crippen LogP contribution in [0.5, 0.6) is 0 Å². The summed E-state index contributed by atoms with van der Waals surface area (Å²) in [7, 11) is 1.88. The van der Waals surface area contributed by atoms with Gasteiger partial charge in [0.1, 0.15) is 23.5 Å². The van der Waals surface area contributed by atoms with Crippen LogP contribution in [-0.2, 0) is 26.3 Å². The molecule has 2 aromatic rings. The maximum absolute atomic E-state index is 11.4. The van der Waals surface area contributed by atoms with Crippen LogP contribution >= 0.6 is 0 Å². The lowest BCUT2D eigenvalue weighted by Crippen LogP contribution is -2.14. The van der Waals surface area contributed by atoms with Crippen LogP contribution in [0.25, 0.3) is 0 Å². The summed E-state index contributed by atoms with van der Waals surface area (Å²) in [6.07, 6.45) is 5.19. The van der Waals surface area contributed by atoms with E-state index in [1.165, 1.54) is 0 Å². The zero-order chi connectivity index (χ0) is 14.8. The first-order valence-corrected chi connectivity index (χ1v) is 6.98. The van der Waals surface area contributed by atoms with Crippen molar-refractivity contribution in [1.29, 1.82) is 0 Å². The van der Waals surface area contributed by atoms with Gasteiger partial charge in [0.15, 0.2) is 0 Å².